The third kappa shape index (κ3) is 4.36. The summed E-state index contributed by atoms with van der Waals surface area (Å²) >= 11 is 2.14. The van der Waals surface area contributed by atoms with Crippen molar-refractivity contribution in [1.29, 1.82) is 0 Å². The van der Waals surface area contributed by atoms with Crippen LogP contribution in [-0.2, 0) is 0 Å². The molecule has 1 heterocycles. The fraction of sp³-hybridized carbons (Fsp3) is 0. The lowest BCUT2D eigenvalue weighted by atomic mass is 10.1. The van der Waals surface area contributed by atoms with Crippen LogP contribution >= 0.6 is 22.6 Å². The monoisotopic (exact) mass is 561 g/mol. The molecule has 0 saturated heterocycles. The SMILES string of the molecule is O=[N+]([O-])c1ccc(N2NC(c3ccc([N+](=O)[O-])cc3[N+](=O)[O-])=NN2c2ccc(I)cc2)cc1. The van der Waals surface area contributed by atoms with Gasteiger partial charge in [-0.1, -0.05) is 0 Å². The van der Waals surface area contributed by atoms with Gasteiger partial charge in [-0.25, -0.2) is 0 Å². The number of non-ortho nitro benzene ring substituents is 2. The van der Waals surface area contributed by atoms with Gasteiger partial charge in [0.1, 0.15) is 0 Å². The smallest absolute Gasteiger partial charge is 0.259 e. The number of rotatable bonds is 6. The molecule has 14 heteroatoms. The molecule has 0 aliphatic carbocycles. The van der Waals surface area contributed by atoms with E-state index in [-0.39, 0.29) is 17.1 Å². The van der Waals surface area contributed by atoms with Crippen LogP contribution in [0.5, 0.6) is 0 Å². The third-order valence-electron chi connectivity index (χ3n) is 4.60. The minimum absolute atomic E-state index is 0.0329. The first-order valence-electron chi connectivity index (χ1n) is 9.13. The molecule has 0 aromatic heterocycles. The normalized spacial score (nSPS) is 12.8. The maximum atomic E-state index is 11.6. The lowest BCUT2D eigenvalue weighted by molar-refractivity contribution is -0.394. The molecule has 0 radical (unpaired) electrons. The Morgan fingerprint density at radius 3 is 1.91 bits per heavy atom. The molecule has 0 fully saturated rings. The molecule has 0 atom stereocenters. The van der Waals surface area contributed by atoms with Crippen LogP contribution in [0.3, 0.4) is 0 Å². The van der Waals surface area contributed by atoms with Crippen molar-refractivity contribution in [1.82, 2.24) is 5.43 Å². The van der Waals surface area contributed by atoms with E-state index in [9.17, 15) is 30.3 Å². The molecule has 1 aliphatic heterocycles. The van der Waals surface area contributed by atoms with Gasteiger partial charge in [-0.05, 0) is 65.1 Å². The van der Waals surface area contributed by atoms with Crippen LogP contribution in [-0.4, -0.2) is 20.6 Å². The van der Waals surface area contributed by atoms with Crippen LogP contribution in [0.25, 0.3) is 0 Å². The van der Waals surface area contributed by atoms with Gasteiger partial charge in [0.15, 0.2) is 5.84 Å². The average Bonchev–Trinajstić information content (AvgIpc) is 3.24. The molecule has 0 saturated carbocycles. The number of halogens is 1. The highest BCUT2D eigenvalue weighted by molar-refractivity contribution is 14.1. The molecule has 33 heavy (non-hydrogen) atoms. The van der Waals surface area contributed by atoms with E-state index >= 15 is 0 Å². The third-order valence-corrected chi connectivity index (χ3v) is 5.32. The second kappa shape index (κ2) is 8.65. The highest BCUT2D eigenvalue weighted by atomic mass is 127. The molecular formula is C19H12IN7O6. The Bertz CT molecular complexity index is 1300. The molecule has 0 spiro atoms. The second-order valence-corrected chi connectivity index (χ2v) is 7.87. The first kappa shape index (κ1) is 21.9. The molecule has 13 nitrogen and oxygen atoms in total. The van der Waals surface area contributed by atoms with Crippen molar-refractivity contribution in [3.63, 3.8) is 0 Å². The first-order chi connectivity index (χ1) is 15.7. The van der Waals surface area contributed by atoms with Gasteiger partial charge in [0, 0.05) is 21.8 Å². The molecule has 0 bridgehead atoms. The van der Waals surface area contributed by atoms with Crippen LogP contribution in [0.4, 0.5) is 28.4 Å². The van der Waals surface area contributed by atoms with Gasteiger partial charge in [-0.3, -0.25) is 35.8 Å². The molecule has 3 aromatic carbocycles. The predicted octanol–water partition coefficient (Wildman–Crippen LogP) is 4.12. The Morgan fingerprint density at radius 2 is 1.33 bits per heavy atom. The van der Waals surface area contributed by atoms with Crippen molar-refractivity contribution in [2.24, 2.45) is 5.10 Å². The lowest BCUT2D eigenvalue weighted by Gasteiger charge is -2.27. The maximum absolute atomic E-state index is 11.6. The molecule has 4 rings (SSSR count). The number of nitrogens with one attached hydrogen (secondary N) is 1. The minimum Gasteiger partial charge on any atom is -0.259 e. The van der Waals surface area contributed by atoms with E-state index in [1.165, 1.54) is 40.6 Å². The Kier molecular flexibility index (Phi) is 5.74. The van der Waals surface area contributed by atoms with Gasteiger partial charge in [0.05, 0.1) is 37.8 Å². The fourth-order valence-corrected chi connectivity index (χ4v) is 3.41. The zero-order valence-electron chi connectivity index (χ0n) is 16.4. The fourth-order valence-electron chi connectivity index (χ4n) is 3.05. The van der Waals surface area contributed by atoms with Crippen LogP contribution in [0.15, 0.2) is 71.8 Å². The zero-order chi connectivity index (χ0) is 23.7. The number of nitro groups is 3. The number of nitro benzene ring substituents is 3. The van der Waals surface area contributed by atoms with Crippen molar-refractivity contribution in [2.75, 3.05) is 10.2 Å². The second-order valence-electron chi connectivity index (χ2n) is 6.63. The van der Waals surface area contributed by atoms with Crippen LogP contribution in [0.2, 0.25) is 0 Å². The van der Waals surface area contributed by atoms with E-state index in [0.29, 0.717) is 11.4 Å². The largest absolute Gasteiger partial charge is 0.287 e. The topological polar surface area (TPSA) is 160 Å². The molecule has 3 aromatic rings. The van der Waals surface area contributed by atoms with Gasteiger partial charge < -0.3 is 0 Å². The number of hydrazine groups is 2. The lowest BCUT2D eigenvalue weighted by Crippen LogP contribution is -2.44. The summed E-state index contributed by atoms with van der Waals surface area (Å²) in [7, 11) is 0. The number of hydrogen-bond donors (Lipinski definition) is 1. The van der Waals surface area contributed by atoms with Crippen molar-refractivity contribution < 1.29 is 14.8 Å². The Labute approximate surface area is 198 Å². The summed E-state index contributed by atoms with van der Waals surface area (Å²) in [6.45, 7) is 0. The molecule has 166 valence electrons. The van der Waals surface area contributed by atoms with Crippen molar-refractivity contribution >= 4 is 56.9 Å². The molecule has 0 amide bonds. The summed E-state index contributed by atoms with van der Waals surface area (Å²) in [5.74, 6) is 0.0634. The molecule has 1 N–H and O–H groups in total. The summed E-state index contributed by atoms with van der Waals surface area (Å²) in [5, 5.41) is 41.0. The Hall–Kier alpha value is -4.34. The number of hydrogen-bond acceptors (Lipinski definition) is 10. The number of amidine groups is 1. The standard InChI is InChI=1S/C19H12IN7O6/c20-12-1-3-13(4-2-12)23-21-19(17-10-9-16(26(30)31)11-18(17)27(32)33)22-24(23)14-5-7-15(8-6-14)25(28)29/h1-11H,(H,21,22). The van der Waals surface area contributed by atoms with E-state index in [4.69, 9.17) is 0 Å². The summed E-state index contributed by atoms with van der Waals surface area (Å²) in [4.78, 5) is 31.7. The van der Waals surface area contributed by atoms with Gasteiger partial charge in [0.25, 0.3) is 17.1 Å². The van der Waals surface area contributed by atoms with Gasteiger partial charge in [0.2, 0.25) is 0 Å². The molecular weight excluding hydrogens is 549 g/mol. The number of anilines is 2. The quantitative estimate of drug-likeness (QED) is 0.265. The Balaban J connectivity index is 1.79. The van der Waals surface area contributed by atoms with Crippen molar-refractivity contribution in [3.8, 4) is 0 Å². The first-order valence-corrected chi connectivity index (χ1v) is 10.2. The average molecular weight is 561 g/mol. The van der Waals surface area contributed by atoms with E-state index < -0.39 is 26.1 Å². The van der Waals surface area contributed by atoms with Gasteiger partial charge >= 0.3 is 0 Å². The summed E-state index contributed by atoms with van der Waals surface area (Å²) < 4.78 is 0.973. The summed E-state index contributed by atoms with van der Waals surface area (Å²) in [5.41, 5.74) is 3.01. The number of hydrazone groups is 1. The Morgan fingerprint density at radius 1 is 0.758 bits per heavy atom. The zero-order valence-corrected chi connectivity index (χ0v) is 18.5. The highest BCUT2D eigenvalue weighted by Crippen LogP contribution is 2.31. The molecule has 0 unspecified atom stereocenters. The van der Waals surface area contributed by atoms with Crippen LogP contribution in [0, 0.1) is 33.9 Å². The van der Waals surface area contributed by atoms with Crippen molar-refractivity contribution in [3.05, 3.63) is 106 Å². The van der Waals surface area contributed by atoms with Gasteiger partial charge in [-0.2, -0.15) is 10.2 Å². The predicted molar refractivity (Wildman–Crippen MR) is 127 cm³/mol. The van der Waals surface area contributed by atoms with E-state index in [0.717, 1.165) is 15.7 Å². The van der Waals surface area contributed by atoms with Gasteiger partial charge in [-0.15, -0.1) is 5.10 Å². The number of nitrogens with zero attached hydrogens (tertiary/aromatic N) is 6. The summed E-state index contributed by atoms with van der Waals surface area (Å²) in [6.07, 6.45) is 0. The highest BCUT2D eigenvalue weighted by Gasteiger charge is 2.31. The van der Waals surface area contributed by atoms with E-state index in [2.05, 4.69) is 33.1 Å². The van der Waals surface area contributed by atoms with E-state index in [1.54, 1.807) is 12.1 Å². The summed E-state index contributed by atoms with van der Waals surface area (Å²) in [6, 6.07) is 16.1. The number of benzene rings is 3. The van der Waals surface area contributed by atoms with Crippen LogP contribution in [0.1, 0.15) is 5.56 Å². The molecule has 1 aliphatic rings. The minimum atomic E-state index is -0.726. The van der Waals surface area contributed by atoms with E-state index in [1.807, 2.05) is 12.1 Å². The maximum Gasteiger partial charge on any atom is 0.287 e. The van der Waals surface area contributed by atoms with Crippen molar-refractivity contribution in [2.45, 2.75) is 0 Å². The van der Waals surface area contributed by atoms with Crippen LogP contribution < -0.4 is 15.7 Å².